The number of rotatable bonds is 2. The van der Waals surface area contributed by atoms with Crippen molar-refractivity contribution in [2.75, 3.05) is 13.1 Å². The first-order chi connectivity index (χ1) is 9.89. The first-order valence-corrected chi connectivity index (χ1v) is 7.42. The van der Waals surface area contributed by atoms with Crippen LogP contribution in [0.2, 0.25) is 0 Å². The summed E-state index contributed by atoms with van der Waals surface area (Å²) in [4.78, 5) is 25.8. The molecule has 0 spiro atoms. The fraction of sp³-hybridized carbons (Fsp3) is 0.333. The van der Waals surface area contributed by atoms with Crippen LogP contribution in [0.3, 0.4) is 0 Å². The van der Waals surface area contributed by atoms with E-state index in [2.05, 4.69) is 0 Å². The van der Waals surface area contributed by atoms with E-state index in [-0.39, 0.29) is 18.3 Å². The number of benzene rings is 1. The van der Waals surface area contributed by atoms with Crippen molar-refractivity contribution in [1.29, 1.82) is 0 Å². The maximum atomic E-state index is 13.2. The Labute approximate surface area is 124 Å². The summed E-state index contributed by atoms with van der Waals surface area (Å²) >= 11 is 1.24. The van der Waals surface area contributed by atoms with Crippen molar-refractivity contribution < 1.29 is 19.1 Å². The average Bonchev–Trinajstić information content (AvgIpc) is 3.02. The maximum absolute atomic E-state index is 13.2. The van der Waals surface area contributed by atoms with E-state index >= 15 is 0 Å². The lowest BCUT2D eigenvalue weighted by atomic mass is 9.90. The third-order valence-corrected chi connectivity index (χ3v) is 5.06. The Bertz CT molecular complexity index is 742. The molecule has 0 aliphatic carbocycles. The van der Waals surface area contributed by atoms with Crippen molar-refractivity contribution >= 4 is 33.3 Å². The number of carboxylic acid groups (broad SMARTS) is 1. The molecule has 6 heteroatoms. The number of carbonyl (C=O) groups is 2. The minimum Gasteiger partial charge on any atom is -0.481 e. The van der Waals surface area contributed by atoms with E-state index in [1.165, 1.54) is 23.5 Å². The smallest absolute Gasteiger partial charge is 0.311 e. The minimum atomic E-state index is -0.879. The largest absolute Gasteiger partial charge is 0.481 e. The lowest BCUT2D eigenvalue weighted by Gasteiger charge is -2.19. The summed E-state index contributed by atoms with van der Waals surface area (Å²) < 4.78 is 13.9. The number of hydrogen-bond donors (Lipinski definition) is 1. The summed E-state index contributed by atoms with van der Waals surface area (Å²) in [6.45, 7) is 2.30. The van der Waals surface area contributed by atoms with Crippen LogP contribution in [0.4, 0.5) is 4.39 Å². The van der Waals surface area contributed by atoms with E-state index in [4.69, 9.17) is 0 Å². The molecule has 1 amide bonds. The van der Waals surface area contributed by atoms with Gasteiger partial charge in [0.15, 0.2) is 0 Å². The third kappa shape index (κ3) is 2.40. The highest BCUT2D eigenvalue weighted by molar-refractivity contribution is 7.20. The fourth-order valence-electron chi connectivity index (χ4n) is 2.58. The molecule has 0 radical (unpaired) electrons. The van der Waals surface area contributed by atoms with Crippen LogP contribution in [-0.2, 0) is 4.79 Å². The van der Waals surface area contributed by atoms with Gasteiger partial charge in [-0.2, -0.15) is 0 Å². The Kier molecular flexibility index (Phi) is 3.20. The normalized spacial score (nSPS) is 21.9. The number of hydrogen-bond acceptors (Lipinski definition) is 3. The number of nitrogens with zero attached hydrogens (tertiary/aromatic N) is 1. The molecule has 1 aliphatic rings. The highest BCUT2D eigenvalue weighted by Crippen LogP contribution is 2.33. The zero-order valence-electron chi connectivity index (χ0n) is 11.4. The van der Waals surface area contributed by atoms with Crippen LogP contribution in [0.15, 0.2) is 24.3 Å². The molecule has 1 aromatic heterocycles. The van der Waals surface area contributed by atoms with Crippen LogP contribution in [0, 0.1) is 11.2 Å². The van der Waals surface area contributed by atoms with E-state index in [1.54, 1.807) is 24.0 Å². The van der Waals surface area contributed by atoms with Crippen LogP contribution >= 0.6 is 11.3 Å². The molecule has 1 N–H and O–H groups in total. The third-order valence-electron chi connectivity index (χ3n) is 3.97. The summed E-state index contributed by atoms with van der Waals surface area (Å²) in [6, 6.07) is 6.14. The Morgan fingerprint density at radius 1 is 1.38 bits per heavy atom. The average molecular weight is 307 g/mol. The summed E-state index contributed by atoms with van der Waals surface area (Å²) in [5.74, 6) is -1.39. The second-order valence-corrected chi connectivity index (χ2v) is 6.72. The zero-order valence-corrected chi connectivity index (χ0v) is 12.2. The van der Waals surface area contributed by atoms with Gasteiger partial charge in [0, 0.05) is 17.8 Å². The van der Waals surface area contributed by atoms with Gasteiger partial charge in [-0.05, 0) is 36.9 Å². The first-order valence-electron chi connectivity index (χ1n) is 6.61. The Hall–Kier alpha value is -1.95. The number of fused-ring (bicyclic) bond motifs is 1. The SMILES string of the molecule is CC1(C(=O)O)CCN(C(=O)c2cc3ccc(F)cc3s2)C1. The Balaban J connectivity index is 1.86. The highest BCUT2D eigenvalue weighted by atomic mass is 32.1. The molecule has 3 rings (SSSR count). The van der Waals surface area contributed by atoms with Crippen molar-refractivity contribution in [2.24, 2.45) is 5.41 Å². The van der Waals surface area contributed by atoms with Crippen molar-refractivity contribution in [3.05, 3.63) is 35.0 Å². The van der Waals surface area contributed by atoms with Crippen molar-refractivity contribution in [1.82, 2.24) is 4.90 Å². The number of carbonyl (C=O) groups excluding carboxylic acids is 1. The van der Waals surface area contributed by atoms with Gasteiger partial charge < -0.3 is 10.0 Å². The molecule has 0 bridgehead atoms. The topological polar surface area (TPSA) is 57.6 Å². The van der Waals surface area contributed by atoms with E-state index in [9.17, 15) is 19.1 Å². The minimum absolute atomic E-state index is 0.179. The van der Waals surface area contributed by atoms with Crippen LogP contribution in [-0.4, -0.2) is 35.0 Å². The maximum Gasteiger partial charge on any atom is 0.311 e. The predicted octanol–water partition coefficient (Wildman–Crippen LogP) is 2.98. The number of carboxylic acids is 1. The summed E-state index contributed by atoms with van der Waals surface area (Å²) in [5.41, 5.74) is -0.877. The molecule has 110 valence electrons. The van der Waals surface area contributed by atoms with Crippen molar-refractivity contribution in [3.63, 3.8) is 0 Å². The summed E-state index contributed by atoms with van der Waals surface area (Å²) in [7, 11) is 0. The molecule has 0 saturated carbocycles. The van der Waals surface area contributed by atoms with Gasteiger partial charge in [-0.15, -0.1) is 11.3 Å². The van der Waals surface area contributed by atoms with Crippen LogP contribution < -0.4 is 0 Å². The first kappa shape index (κ1) is 14.0. The molecule has 1 atom stereocenters. The molecule has 1 unspecified atom stereocenters. The van der Waals surface area contributed by atoms with Gasteiger partial charge in [0.05, 0.1) is 10.3 Å². The van der Waals surface area contributed by atoms with Crippen LogP contribution in [0.25, 0.3) is 10.1 Å². The molecule has 2 heterocycles. The van der Waals surface area contributed by atoms with Gasteiger partial charge >= 0.3 is 5.97 Å². The van der Waals surface area contributed by atoms with E-state index < -0.39 is 11.4 Å². The molecule has 1 aliphatic heterocycles. The second kappa shape index (κ2) is 4.80. The van der Waals surface area contributed by atoms with Gasteiger partial charge in [-0.25, -0.2) is 4.39 Å². The van der Waals surface area contributed by atoms with Gasteiger partial charge in [-0.3, -0.25) is 9.59 Å². The fourth-order valence-corrected chi connectivity index (χ4v) is 3.63. The van der Waals surface area contributed by atoms with Crippen LogP contribution in [0.5, 0.6) is 0 Å². The van der Waals surface area contributed by atoms with E-state index in [1.807, 2.05) is 0 Å². The van der Waals surface area contributed by atoms with Gasteiger partial charge in [0.1, 0.15) is 5.82 Å². The monoisotopic (exact) mass is 307 g/mol. The Morgan fingerprint density at radius 3 is 2.81 bits per heavy atom. The van der Waals surface area contributed by atoms with E-state index in [0.29, 0.717) is 17.8 Å². The quantitative estimate of drug-likeness (QED) is 0.928. The number of aliphatic carboxylic acids is 1. The van der Waals surface area contributed by atoms with Crippen LogP contribution in [0.1, 0.15) is 23.0 Å². The van der Waals surface area contributed by atoms with Gasteiger partial charge in [0.25, 0.3) is 5.91 Å². The molecule has 4 nitrogen and oxygen atoms in total. The van der Waals surface area contributed by atoms with Crippen molar-refractivity contribution in [2.45, 2.75) is 13.3 Å². The predicted molar refractivity (Wildman–Crippen MR) is 78.0 cm³/mol. The van der Waals surface area contributed by atoms with Gasteiger partial charge in [0.2, 0.25) is 0 Å². The molecule has 1 fully saturated rings. The lowest BCUT2D eigenvalue weighted by molar-refractivity contribution is -0.147. The van der Waals surface area contributed by atoms with E-state index in [0.717, 1.165) is 10.1 Å². The molecule has 21 heavy (non-hydrogen) atoms. The zero-order chi connectivity index (χ0) is 15.2. The highest BCUT2D eigenvalue weighted by Gasteiger charge is 2.42. The van der Waals surface area contributed by atoms with Crippen molar-refractivity contribution in [3.8, 4) is 0 Å². The molecule has 2 aromatic rings. The molecular weight excluding hydrogens is 293 g/mol. The standard InChI is InChI=1S/C15H14FNO3S/c1-15(14(19)20)4-5-17(8-15)13(18)12-6-9-2-3-10(16)7-11(9)21-12/h2-3,6-7H,4-5,8H2,1H3,(H,19,20). The lowest BCUT2D eigenvalue weighted by Crippen LogP contribution is -2.34. The number of thiophene rings is 1. The molecule has 1 saturated heterocycles. The number of likely N-dealkylation sites (tertiary alicyclic amines) is 1. The number of halogens is 1. The Morgan fingerprint density at radius 2 is 2.14 bits per heavy atom. The summed E-state index contributed by atoms with van der Waals surface area (Å²) in [5, 5.41) is 10.0. The summed E-state index contributed by atoms with van der Waals surface area (Å²) in [6.07, 6.45) is 0.452. The van der Waals surface area contributed by atoms with Gasteiger partial charge in [-0.1, -0.05) is 6.07 Å². The second-order valence-electron chi connectivity index (χ2n) is 5.64. The molecule has 1 aromatic carbocycles. The molecular formula is C15H14FNO3S. The number of amides is 1.